The number of rotatable bonds is 3. The molecule has 8 heteroatoms. The molecule has 1 heterocycles. The number of hydrogen-bond acceptors (Lipinski definition) is 2. The number of amides is 1. The quantitative estimate of drug-likeness (QED) is 0.539. The molecule has 0 saturated heterocycles. The summed E-state index contributed by atoms with van der Waals surface area (Å²) in [5.41, 5.74) is 0.693. The molecule has 0 radical (unpaired) electrons. The molecular formula is C22H23Cl2F3N2O. The van der Waals surface area contributed by atoms with Crippen LogP contribution in [0.25, 0.3) is 0 Å². The highest BCUT2D eigenvalue weighted by Gasteiger charge is 2.39. The maximum atomic E-state index is 14.0. The molecular weight excluding hydrogens is 436 g/mol. The van der Waals surface area contributed by atoms with E-state index in [0.29, 0.717) is 24.5 Å². The maximum absolute atomic E-state index is 14.0. The van der Waals surface area contributed by atoms with Gasteiger partial charge in [0.25, 0.3) is 0 Å². The zero-order valence-corrected chi connectivity index (χ0v) is 18.5. The van der Waals surface area contributed by atoms with Crippen LogP contribution in [-0.4, -0.2) is 12.5 Å². The highest BCUT2D eigenvalue weighted by Crippen LogP contribution is 2.45. The van der Waals surface area contributed by atoms with Crippen molar-refractivity contribution in [2.24, 2.45) is 5.41 Å². The van der Waals surface area contributed by atoms with Gasteiger partial charge in [-0.3, -0.25) is 4.79 Å². The Morgan fingerprint density at radius 3 is 2.43 bits per heavy atom. The van der Waals surface area contributed by atoms with Crippen LogP contribution in [-0.2, 0) is 23.9 Å². The average molecular weight is 459 g/mol. The molecule has 1 aliphatic rings. The van der Waals surface area contributed by atoms with Crippen molar-refractivity contribution in [1.29, 1.82) is 0 Å². The van der Waals surface area contributed by atoms with E-state index in [1.807, 2.05) is 32.9 Å². The molecule has 1 N–H and O–H groups in total. The standard InChI is InChI=1S/C22H23Cl2F3N2O/c1-21(2,3)11-18(30)28-16-6-7-17(19(20(16)24)22(25,26)27)29-9-8-13-10-15(23)5-4-14(13)12-29/h4-7,10H,8-9,11-12H2,1-3H3,(H,28,30). The van der Waals surface area contributed by atoms with Gasteiger partial charge in [0, 0.05) is 24.5 Å². The number of benzene rings is 2. The minimum atomic E-state index is -4.67. The van der Waals surface area contributed by atoms with E-state index >= 15 is 0 Å². The predicted molar refractivity (Wildman–Crippen MR) is 115 cm³/mol. The first kappa shape index (κ1) is 22.8. The summed E-state index contributed by atoms with van der Waals surface area (Å²) in [4.78, 5) is 13.9. The van der Waals surface area contributed by atoms with Crippen molar-refractivity contribution in [3.63, 3.8) is 0 Å². The first-order valence-corrected chi connectivity index (χ1v) is 10.3. The maximum Gasteiger partial charge on any atom is 0.419 e. The fourth-order valence-corrected chi connectivity index (χ4v) is 4.11. The molecule has 0 bridgehead atoms. The summed E-state index contributed by atoms with van der Waals surface area (Å²) in [7, 11) is 0. The third-order valence-corrected chi connectivity index (χ3v) is 5.52. The molecule has 0 aromatic heterocycles. The Balaban J connectivity index is 1.95. The van der Waals surface area contributed by atoms with Crippen LogP contribution in [0.15, 0.2) is 30.3 Å². The van der Waals surface area contributed by atoms with E-state index in [1.165, 1.54) is 12.1 Å². The van der Waals surface area contributed by atoms with E-state index in [2.05, 4.69) is 5.32 Å². The Bertz CT molecular complexity index is 968. The monoisotopic (exact) mass is 458 g/mol. The lowest BCUT2D eigenvalue weighted by atomic mass is 9.92. The summed E-state index contributed by atoms with van der Waals surface area (Å²) in [5, 5.41) is 2.64. The third-order valence-electron chi connectivity index (χ3n) is 4.89. The van der Waals surface area contributed by atoms with Crippen LogP contribution in [0.3, 0.4) is 0 Å². The number of nitrogens with one attached hydrogen (secondary N) is 1. The summed E-state index contributed by atoms with van der Waals surface area (Å²) in [6, 6.07) is 8.22. The van der Waals surface area contributed by atoms with E-state index in [-0.39, 0.29) is 29.1 Å². The van der Waals surface area contributed by atoms with Crippen LogP contribution >= 0.6 is 23.2 Å². The van der Waals surface area contributed by atoms with Gasteiger partial charge in [-0.2, -0.15) is 13.2 Å². The second kappa shape index (κ2) is 8.31. The fraction of sp³-hybridized carbons (Fsp3) is 0.409. The van der Waals surface area contributed by atoms with Crippen molar-refractivity contribution in [3.05, 3.63) is 57.1 Å². The SMILES string of the molecule is CC(C)(C)CC(=O)Nc1ccc(N2CCc3cc(Cl)ccc3C2)c(C(F)(F)F)c1Cl. The molecule has 1 aliphatic heterocycles. The van der Waals surface area contributed by atoms with Gasteiger partial charge in [-0.1, -0.05) is 50.0 Å². The number of carbonyl (C=O) groups is 1. The minimum Gasteiger partial charge on any atom is -0.366 e. The highest BCUT2D eigenvalue weighted by atomic mass is 35.5. The topological polar surface area (TPSA) is 32.3 Å². The molecule has 30 heavy (non-hydrogen) atoms. The van der Waals surface area contributed by atoms with Crippen molar-refractivity contribution in [2.45, 2.75) is 46.3 Å². The summed E-state index contributed by atoms with van der Waals surface area (Å²) >= 11 is 12.2. The van der Waals surface area contributed by atoms with Gasteiger partial charge in [-0.15, -0.1) is 0 Å². The van der Waals surface area contributed by atoms with Gasteiger partial charge >= 0.3 is 6.18 Å². The first-order valence-electron chi connectivity index (χ1n) is 9.57. The van der Waals surface area contributed by atoms with E-state index in [4.69, 9.17) is 23.2 Å². The summed E-state index contributed by atoms with van der Waals surface area (Å²) in [6.45, 7) is 6.35. The molecule has 3 rings (SSSR count). The number of nitrogens with zero attached hydrogens (tertiary/aromatic N) is 1. The van der Waals surface area contributed by atoms with Gasteiger partial charge in [0.1, 0.15) is 0 Å². The summed E-state index contributed by atoms with van der Waals surface area (Å²) < 4.78 is 41.9. The molecule has 1 amide bonds. The van der Waals surface area contributed by atoms with Gasteiger partial charge in [0.05, 0.1) is 22.0 Å². The van der Waals surface area contributed by atoms with E-state index < -0.39 is 16.8 Å². The Morgan fingerprint density at radius 1 is 1.10 bits per heavy atom. The number of anilines is 2. The summed E-state index contributed by atoms with van der Waals surface area (Å²) in [6.07, 6.45) is -3.93. The fourth-order valence-electron chi connectivity index (χ4n) is 3.60. The van der Waals surface area contributed by atoms with Gasteiger partial charge < -0.3 is 10.2 Å². The van der Waals surface area contributed by atoms with Gasteiger partial charge in [-0.25, -0.2) is 0 Å². The van der Waals surface area contributed by atoms with Crippen LogP contribution in [0.5, 0.6) is 0 Å². The molecule has 2 aromatic rings. The number of alkyl halides is 3. The molecule has 3 nitrogen and oxygen atoms in total. The van der Waals surface area contributed by atoms with Crippen LogP contribution in [0.1, 0.15) is 43.9 Å². The molecule has 0 fully saturated rings. The molecule has 0 saturated carbocycles. The minimum absolute atomic E-state index is 0.00178. The van der Waals surface area contributed by atoms with Crippen LogP contribution in [0, 0.1) is 5.41 Å². The lowest BCUT2D eigenvalue weighted by molar-refractivity contribution is -0.137. The molecule has 0 unspecified atom stereocenters. The van der Waals surface area contributed by atoms with Crippen molar-refractivity contribution >= 4 is 40.5 Å². The van der Waals surface area contributed by atoms with E-state index in [9.17, 15) is 18.0 Å². The number of fused-ring (bicyclic) bond motifs is 1. The van der Waals surface area contributed by atoms with Crippen molar-refractivity contribution in [1.82, 2.24) is 0 Å². The van der Waals surface area contributed by atoms with Crippen LogP contribution < -0.4 is 10.2 Å². The molecule has 162 valence electrons. The molecule has 0 aliphatic carbocycles. The van der Waals surface area contributed by atoms with Gasteiger partial charge in [0.15, 0.2) is 0 Å². The first-order chi connectivity index (χ1) is 13.8. The lowest BCUT2D eigenvalue weighted by Gasteiger charge is -2.33. The second-order valence-corrected chi connectivity index (χ2v) is 9.50. The highest BCUT2D eigenvalue weighted by molar-refractivity contribution is 6.35. The molecule has 0 spiro atoms. The normalized spacial score (nSPS) is 14.5. The molecule has 2 aromatic carbocycles. The smallest absolute Gasteiger partial charge is 0.366 e. The van der Waals surface area contributed by atoms with Crippen LogP contribution in [0.2, 0.25) is 10.0 Å². The summed E-state index contributed by atoms with van der Waals surface area (Å²) in [5.74, 6) is -0.381. The van der Waals surface area contributed by atoms with E-state index in [0.717, 1.165) is 11.1 Å². The van der Waals surface area contributed by atoms with Crippen molar-refractivity contribution in [2.75, 3.05) is 16.8 Å². The lowest BCUT2D eigenvalue weighted by Crippen LogP contribution is -2.32. The van der Waals surface area contributed by atoms with Gasteiger partial charge in [0.2, 0.25) is 5.91 Å². The predicted octanol–water partition coefficient (Wildman–Crippen LogP) is 6.95. The largest absolute Gasteiger partial charge is 0.419 e. The Kier molecular flexibility index (Phi) is 6.30. The van der Waals surface area contributed by atoms with E-state index in [1.54, 1.807) is 11.0 Å². The zero-order chi connectivity index (χ0) is 22.3. The molecule has 0 atom stereocenters. The number of halogens is 5. The Labute approximate surface area is 184 Å². The van der Waals surface area contributed by atoms with Gasteiger partial charge in [-0.05, 0) is 47.2 Å². The van der Waals surface area contributed by atoms with Crippen molar-refractivity contribution < 1.29 is 18.0 Å². The average Bonchev–Trinajstić information content (AvgIpc) is 2.60. The van der Waals surface area contributed by atoms with Crippen molar-refractivity contribution in [3.8, 4) is 0 Å². The second-order valence-electron chi connectivity index (χ2n) is 8.69. The Morgan fingerprint density at radius 2 is 1.80 bits per heavy atom. The number of carbonyl (C=O) groups excluding carboxylic acids is 1. The zero-order valence-electron chi connectivity index (χ0n) is 17.0. The third kappa shape index (κ3) is 5.22. The van der Waals surface area contributed by atoms with Crippen LogP contribution in [0.4, 0.5) is 24.5 Å². The number of hydrogen-bond donors (Lipinski definition) is 1. The Hall–Kier alpha value is -1.92.